The van der Waals surface area contributed by atoms with Crippen molar-refractivity contribution in [3.63, 3.8) is 0 Å². The summed E-state index contributed by atoms with van der Waals surface area (Å²) >= 11 is 0. The molecule has 0 aliphatic heterocycles. The standard InChI is InChI=1S/C25H31N7O2.ClH/c1-15(26)14-25(24-27-29-30-28-24)20-10-8-18(22(33)31(2)3)12-16(20)6-7-17-13-19(9-11-21(17)25)23(34)32(4)5;/h8-13,15H,6-7,14,26H2,1-5H3,(H,27,28,29,30);1H/t15-;/m0./s1. The molecule has 0 unspecified atom stereocenters. The van der Waals surface area contributed by atoms with E-state index in [0.29, 0.717) is 36.2 Å². The molecule has 2 amide bonds. The second-order valence-corrected chi connectivity index (χ2v) is 9.47. The van der Waals surface area contributed by atoms with E-state index < -0.39 is 5.41 Å². The smallest absolute Gasteiger partial charge is 0.253 e. The molecule has 3 N–H and O–H groups in total. The van der Waals surface area contributed by atoms with E-state index in [1.807, 2.05) is 43.3 Å². The van der Waals surface area contributed by atoms with E-state index in [0.717, 1.165) is 22.3 Å². The van der Waals surface area contributed by atoms with Gasteiger partial charge in [-0.15, -0.1) is 22.6 Å². The van der Waals surface area contributed by atoms with Crippen molar-refractivity contribution in [2.45, 2.75) is 37.6 Å². The molecule has 4 rings (SSSR count). The molecule has 0 fully saturated rings. The minimum Gasteiger partial charge on any atom is -0.345 e. The van der Waals surface area contributed by atoms with Crippen LogP contribution < -0.4 is 5.73 Å². The average Bonchev–Trinajstić information content (AvgIpc) is 3.31. The number of nitrogens with zero attached hydrogens (tertiary/aromatic N) is 5. The van der Waals surface area contributed by atoms with E-state index in [-0.39, 0.29) is 30.3 Å². The molecule has 1 atom stereocenters. The molecule has 0 saturated heterocycles. The highest BCUT2D eigenvalue weighted by atomic mass is 35.5. The second kappa shape index (κ2) is 10.1. The summed E-state index contributed by atoms with van der Waals surface area (Å²) in [4.78, 5) is 28.6. The summed E-state index contributed by atoms with van der Waals surface area (Å²) in [5.74, 6) is 0.411. The van der Waals surface area contributed by atoms with Crippen molar-refractivity contribution in [3.05, 3.63) is 75.6 Å². The summed E-state index contributed by atoms with van der Waals surface area (Å²) in [6.45, 7) is 1.96. The Hall–Kier alpha value is -3.30. The molecule has 0 bridgehead atoms. The minimum absolute atomic E-state index is 0. The van der Waals surface area contributed by atoms with Crippen LogP contribution in [0.1, 0.15) is 62.1 Å². The lowest BCUT2D eigenvalue weighted by Crippen LogP contribution is -2.38. The van der Waals surface area contributed by atoms with Gasteiger partial charge in [0.1, 0.15) is 0 Å². The first kappa shape index (κ1) is 26.3. The molecule has 186 valence electrons. The Morgan fingerprint density at radius 3 is 1.83 bits per heavy atom. The van der Waals surface area contributed by atoms with Gasteiger partial charge in [0.2, 0.25) is 0 Å². The van der Waals surface area contributed by atoms with Crippen molar-refractivity contribution >= 4 is 24.2 Å². The van der Waals surface area contributed by atoms with Gasteiger partial charge in [-0.05, 0) is 72.7 Å². The van der Waals surface area contributed by atoms with E-state index in [9.17, 15) is 9.59 Å². The maximum atomic E-state index is 12.7. The maximum absolute atomic E-state index is 12.7. The Balaban J connectivity index is 0.00000342. The van der Waals surface area contributed by atoms with Gasteiger partial charge in [0.05, 0.1) is 5.41 Å². The summed E-state index contributed by atoms with van der Waals surface area (Å²) in [7, 11) is 6.97. The quantitative estimate of drug-likeness (QED) is 0.557. The van der Waals surface area contributed by atoms with E-state index >= 15 is 0 Å². The lowest BCUT2D eigenvalue weighted by Gasteiger charge is -2.35. The second-order valence-electron chi connectivity index (χ2n) is 9.47. The van der Waals surface area contributed by atoms with E-state index in [1.54, 1.807) is 38.0 Å². The van der Waals surface area contributed by atoms with Crippen LogP contribution in [0.5, 0.6) is 0 Å². The first-order chi connectivity index (χ1) is 16.1. The Labute approximate surface area is 211 Å². The van der Waals surface area contributed by atoms with Crippen LogP contribution in [0.15, 0.2) is 36.4 Å². The number of halogens is 1. The van der Waals surface area contributed by atoms with Gasteiger partial charge in [-0.2, -0.15) is 5.21 Å². The van der Waals surface area contributed by atoms with Crippen LogP contribution >= 0.6 is 12.4 Å². The molecular formula is C25H32ClN7O2. The van der Waals surface area contributed by atoms with Crippen molar-refractivity contribution < 1.29 is 9.59 Å². The van der Waals surface area contributed by atoms with Crippen LogP contribution in [0, 0.1) is 0 Å². The molecule has 0 saturated carbocycles. The van der Waals surface area contributed by atoms with Crippen molar-refractivity contribution in [1.29, 1.82) is 0 Å². The third kappa shape index (κ3) is 4.66. The van der Waals surface area contributed by atoms with Gasteiger partial charge in [0.25, 0.3) is 11.8 Å². The van der Waals surface area contributed by atoms with Crippen molar-refractivity contribution in [2.24, 2.45) is 5.73 Å². The van der Waals surface area contributed by atoms with Gasteiger partial charge in [0.15, 0.2) is 5.82 Å². The van der Waals surface area contributed by atoms with Crippen LogP contribution in [0.4, 0.5) is 0 Å². The SMILES string of the molecule is C[C@H](N)CC1(c2nn[nH]n2)c2ccc(C(=O)N(C)C)cc2CCc2cc(C(=O)N(C)C)ccc21.Cl. The number of fused-ring (bicyclic) bond motifs is 2. The van der Waals surface area contributed by atoms with Gasteiger partial charge >= 0.3 is 0 Å². The normalized spacial score (nSPS) is 14.6. The van der Waals surface area contributed by atoms with Crippen molar-refractivity contribution in [3.8, 4) is 0 Å². The Morgan fingerprint density at radius 2 is 1.46 bits per heavy atom. The van der Waals surface area contributed by atoms with Crippen LogP contribution in [0.3, 0.4) is 0 Å². The lowest BCUT2D eigenvalue weighted by molar-refractivity contribution is 0.0820. The fourth-order valence-corrected chi connectivity index (χ4v) is 5.01. The molecule has 3 aromatic rings. The minimum atomic E-state index is -0.776. The number of aryl methyl sites for hydroxylation is 2. The Bertz CT molecular complexity index is 1150. The van der Waals surface area contributed by atoms with Gasteiger partial charge in [-0.3, -0.25) is 9.59 Å². The number of benzene rings is 2. The van der Waals surface area contributed by atoms with E-state index in [1.165, 1.54) is 0 Å². The van der Waals surface area contributed by atoms with E-state index in [4.69, 9.17) is 5.73 Å². The first-order valence-electron chi connectivity index (χ1n) is 11.3. The van der Waals surface area contributed by atoms with Crippen molar-refractivity contribution in [2.75, 3.05) is 28.2 Å². The summed E-state index contributed by atoms with van der Waals surface area (Å²) in [6.07, 6.45) is 1.94. The Morgan fingerprint density at radius 1 is 0.971 bits per heavy atom. The average molecular weight is 498 g/mol. The molecule has 0 spiro atoms. The monoisotopic (exact) mass is 497 g/mol. The van der Waals surface area contributed by atoms with Crippen LogP contribution in [-0.2, 0) is 18.3 Å². The highest BCUT2D eigenvalue weighted by molar-refractivity contribution is 5.95. The highest BCUT2D eigenvalue weighted by Gasteiger charge is 2.45. The molecule has 0 radical (unpaired) electrons. The summed E-state index contributed by atoms with van der Waals surface area (Å²) in [5.41, 5.74) is 11.0. The first-order valence-corrected chi connectivity index (χ1v) is 11.3. The molecule has 1 aliphatic carbocycles. The molecular weight excluding hydrogens is 466 g/mol. The number of amides is 2. The lowest BCUT2D eigenvalue weighted by atomic mass is 9.68. The van der Waals surface area contributed by atoms with Gasteiger partial charge in [-0.25, -0.2) is 0 Å². The number of hydrogen-bond donors (Lipinski definition) is 2. The fourth-order valence-electron chi connectivity index (χ4n) is 5.01. The number of aromatic nitrogens is 4. The molecule has 2 aromatic carbocycles. The number of hydrogen-bond acceptors (Lipinski definition) is 6. The zero-order valence-corrected chi connectivity index (χ0v) is 21.5. The number of H-pyrrole nitrogens is 1. The van der Waals surface area contributed by atoms with Gasteiger partial charge in [0, 0.05) is 45.4 Å². The molecule has 9 nitrogen and oxygen atoms in total. The third-order valence-electron chi connectivity index (χ3n) is 6.46. The van der Waals surface area contributed by atoms with Crippen LogP contribution in [-0.4, -0.2) is 76.5 Å². The van der Waals surface area contributed by atoms with Crippen LogP contribution in [0.2, 0.25) is 0 Å². The zero-order chi connectivity index (χ0) is 24.6. The molecule has 1 aromatic heterocycles. The summed E-state index contributed by atoms with van der Waals surface area (Å²) in [5, 5.41) is 15.3. The number of aromatic amines is 1. The summed E-state index contributed by atoms with van der Waals surface area (Å²) < 4.78 is 0. The maximum Gasteiger partial charge on any atom is 0.253 e. The largest absolute Gasteiger partial charge is 0.345 e. The van der Waals surface area contributed by atoms with E-state index in [2.05, 4.69) is 20.6 Å². The number of nitrogens with two attached hydrogens (primary N) is 1. The van der Waals surface area contributed by atoms with Crippen molar-refractivity contribution in [1.82, 2.24) is 30.4 Å². The third-order valence-corrected chi connectivity index (χ3v) is 6.46. The molecule has 35 heavy (non-hydrogen) atoms. The zero-order valence-electron chi connectivity index (χ0n) is 20.7. The number of nitrogens with one attached hydrogen (secondary N) is 1. The number of carbonyl (C=O) groups is 2. The van der Waals surface area contributed by atoms with Crippen LogP contribution in [0.25, 0.3) is 0 Å². The predicted molar refractivity (Wildman–Crippen MR) is 136 cm³/mol. The summed E-state index contributed by atoms with van der Waals surface area (Å²) in [6, 6.07) is 11.5. The van der Waals surface area contributed by atoms with Gasteiger partial charge < -0.3 is 15.5 Å². The number of tetrazole rings is 1. The topological polar surface area (TPSA) is 121 Å². The molecule has 1 aliphatic rings. The van der Waals surface area contributed by atoms with Gasteiger partial charge in [-0.1, -0.05) is 17.3 Å². The Kier molecular flexibility index (Phi) is 7.62. The number of carbonyl (C=O) groups excluding carboxylic acids is 2. The number of rotatable bonds is 5. The molecule has 1 heterocycles. The molecule has 10 heteroatoms. The predicted octanol–water partition coefficient (Wildman–Crippen LogP) is 2.20. The highest BCUT2D eigenvalue weighted by Crippen LogP contribution is 2.46. The fraction of sp³-hybridized carbons (Fsp3) is 0.400.